The summed E-state index contributed by atoms with van der Waals surface area (Å²) in [6, 6.07) is 17.7. The van der Waals surface area contributed by atoms with Crippen LogP contribution >= 0.6 is 8.46 Å². The second kappa shape index (κ2) is 15.0. The fourth-order valence-electron chi connectivity index (χ4n) is 3.68. The van der Waals surface area contributed by atoms with Crippen LogP contribution in [0.1, 0.15) is 58.2 Å². The molecule has 2 heterocycles. The highest BCUT2D eigenvalue weighted by Gasteiger charge is 2.26. The molecule has 0 aliphatic carbocycles. The molecule has 10 heteroatoms. The zero-order valence-electron chi connectivity index (χ0n) is 25.6. The normalized spacial score (nSPS) is 13.6. The summed E-state index contributed by atoms with van der Waals surface area (Å²) in [6.45, 7) is 17.5. The number of nitrogens with zero attached hydrogens (tertiary/aromatic N) is 3. The monoisotopic (exact) mass is 589 g/mol. The first-order chi connectivity index (χ1) is 19.7. The van der Waals surface area contributed by atoms with E-state index in [4.69, 9.17) is 0 Å². The van der Waals surface area contributed by atoms with Crippen LogP contribution in [-0.2, 0) is 19.6 Å². The number of H-pyrrole nitrogens is 1. The molecule has 0 fully saturated rings. The van der Waals surface area contributed by atoms with Crippen molar-refractivity contribution in [2.45, 2.75) is 53.9 Å². The SMILES string of the molecule is C=C(C)C(=O)Nc1[nH]n(-c2ccccc2)c(=O)c1C=C1C(=O)N(C)N=C1C.CCP=O.Cc1ccc(C(C)(C)C)cc1. The van der Waals surface area contributed by atoms with Gasteiger partial charge in [0.05, 0.1) is 22.5 Å². The average molecular weight is 590 g/mol. The Morgan fingerprint density at radius 3 is 2.10 bits per heavy atom. The predicted molar refractivity (Wildman–Crippen MR) is 172 cm³/mol. The van der Waals surface area contributed by atoms with Gasteiger partial charge in [-0.1, -0.05) is 82.3 Å². The highest BCUT2D eigenvalue weighted by atomic mass is 31.1. The summed E-state index contributed by atoms with van der Waals surface area (Å²) >= 11 is 0. The average Bonchev–Trinajstić information content (AvgIpc) is 3.38. The van der Waals surface area contributed by atoms with Gasteiger partial charge in [-0.2, -0.15) is 5.10 Å². The first kappa shape index (κ1) is 33.8. The van der Waals surface area contributed by atoms with E-state index in [2.05, 4.69) is 74.1 Å². The van der Waals surface area contributed by atoms with Gasteiger partial charge < -0.3 is 5.32 Å². The van der Waals surface area contributed by atoms with Crippen LogP contribution in [0.3, 0.4) is 0 Å². The maximum absolute atomic E-state index is 13.0. The molecule has 0 bridgehead atoms. The van der Waals surface area contributed by atoms with Gasteiger partial charge in [-0.3, -0.25) is 24.0 Å². The maximum atomic E-state index is 13.0. The Morgan fingerprint density at radius 1 is 1.07 bits per heavy atom. The lowest BCUT2D eigenvalue weighted by Crippen LogP contribution is -2.19. The van der Waals surface area contributed by atoms with Gasteiger partial charge in [0.25, 0.3) is 17.4 Å². The van der Waals surface area contributed by atoms with Gasteiger partial charge in [0.2, 0.25) is 0 Å². The third-order valence-corrected chi connectivity index (χ3v) is 6.37. The number of amides is 2. The lowest BCUT2D eigenvalue weighted by molar-refractivity contribution is -0.124. The third-order valence-electron chi connectivity index (χ3n) is 6.12. The number of aromatic nitrogens is 2. The Balaban J connectivity index is 0.000000339. The van der Waals surface area contributed by atoms with Crippen LogP contribution in [0.4, 0.5) is 5.82 Å². The molecule has 4 rings (SSSR count). The maximum Gasteiger partial charge on any atom is 0.280 e. The van der Waals surface area contributed by atoms with E-state index in [0.29, 0.717) is 17.0 Å². The summed E-state index contributed by atoms with van der Waals surface area (Å²) in [6.07, 6.45) is 2.18. The van der Waals surface area contributed by atoms with Crippen molar-refractivity contribution in [3.8, 4) is 5.69 Å². The van der Waals surface area contributed by atoms with E-state index in [1.807, 2.05) is 13.0 Å². The molecule has 2 amide bonds. The van der Waals surface area contributed by atoms with Crippen LogP contribution in [0.5, 0.6) is 0 Å². The molecule has 42 heavy (non-hydrogen) atoms. The first-order valence-corrected chi connectivity index (χ1v) is 14.5. The van der Waals surface area contributed by atoms with Gasteiger partial charge in [-0.05, 0) is 50.0 Å². The Hall–Kier alpha value is -4.36. The molecule has 222 valence electrons. The molecule has 0 unspecified atom stereocenters. The summed E-state index contributed by atoms with van der Waals surface area (Å²) in [5.41, 5.74) is 4.44. The van der Waals surface area contributed by atoms with E-state index in [1.54, 1.807) is 38.1 Å². The number of carbonyl (C=O) groups is 2. The molecule has 3 aromatic rings. The number of hydrazone groups is 1. The van der Waals surface area contributed by atoms with Gasteiger partial charge in [0, 0.05) is 18.8 Å². The second-order valence-corrected chi connectivity index (χ2v) is 11.6. The number of hydrogen-bond acceptors (Lipinski definition) is 5. The van der Waals surface area contributed by atoms with E-state index >= 15 is 0 Å². The van der Waals surface area contributed by atoms with Crippen molar-refractivity contribution in [3.63, 3.8) is 0 Å². The van der Waals surface area contributed by atoms with Crippen molar-refractivity contribution in [2.24, 2.45) is 5.10 Å². The van der Waals surface area contributed by atoms with E-state index in [9.17, 15) is 18.9 Å². The number of carbonyl (C=O) groups excluding carboxylic acids is 2. The molecular formula is C32H40N5O4P. The van der Waals surface area contributed by atoms with Gasteiger partial charge in [0.1, 0.15) is 5.82 Å². The standard InChI is InChI=1S/C19H19N5O3.C11H16.C2H5OP/c1-11(2)17(25)20-16-15(10-14-12(3)21-23(4)18(14)26)19(27)24(22-16)13-8-6-5-7-9-13;1-9-5-7-10(8-6-9)11(2,3)4;1-2-4-3/h5-10,22H,1H2,2-4H3,(H,20,25);5-8H,1-4H3;2H2,1H3. The van der Waals surface area contributed by atoms with Crippen molar-refractivity contribution >= 4 is 37.9 Å². The van der Waals surface area contributed by atoms with Gasteiger partial charge >= 0.3 is 0 Å². The number of aromatic amines is 1. The molecule has 0 saturated heterocycles. The molecular weight excluding hydrogens is 549 g/mol. The van der Waals surface area contributed by atoms with Crippen molar-refractivity contribution in [1.29, 1.82) is 0 Å². The summed E-state index contributed by atoms with van der Waals surface area (Å²) in [5, 5.41) is 10.8. The molecule has 2 N–H and O–H groups in total. The van der Waals surface area contributed by atoms with Crippen molar-refractivity contribution in [1.82, 2.24) is 14.8 Å². The van der Waals surface area contributed by atoms with Crippen LogP contribution in [0.25, 0.3) is 11.8 Å². The summed E-state index contributed by atoms with van der Waals surface area (Å²) in [5.74, 6) is -0.576. The van der Waals surface area contributed by atoms with E-state index < -0.39 is 11.5 Å². The predicted octanol–water partition coefficient (Wildman–Crippen LogP) is 6.50. The summed E-state index contributed by atoms with van der Waals surface area (Å²) < 4.78 is 10.6. The van der Waals surface area contributed by atoms with Crippen LogP contribution in [0.2, 0.25) is 0 Å². The quantitative estimate of drug-likeness (QED) is 0.261. The smallest absolute Gasteiger partial charge is 0.280 e. The molecule has 1 aliphatic rings. The topological polar surface area (TPSA) is 117 Å². The Morgan fingerprint density at radius 2 is 1.64 bits per heavy atom. The molecule has 0 radical (unpaired) electrons. The lowest BCUT2D eigenvalue weighted by Gasteiger charge is -2.18. The Bertz CT molecular complexity index is 1540. The summed E-state index contributed by atoms with van der Waals surface area (Å²) in [7, 11) is 1.79. The number of aryl methyl sites for hydroxylation is 1. The van der Waals surface area contributed by atoms with Crippen molar-refractivity contribution < 1.29 is 14.2 Å². The number of nitrogens with one attached hydrogen (secondary N) is 2. The van der Waals surface area contributed by atoms with E-state index in [0.717, 1.165) is 6.16 Å². The van der Waals surface area contributed by atoms with Crippen molar-refractivity contribution in [3.05, 3.63) is 99.4 Å². The summed E-state index contributed by atoms with van der Waals surface area (Å²) in [4.78, 5) is 37.3. The van der Waals surface area contributed by atoms with E-state index in [-0.39, 0.29) is 36.7 Å². The number of likely N-dealkylation sites (N-methyl/N-ethyl adjacent to an activating group) is 1. The molecule has 0 spiro atoms. The highest BCUT2D eigenvalue weighted by Crippen LogP contribution is 2.22. The first-order valence-electron chi connectivity index (χ1n) is 13.5. The third kappa shape index (κ3) is 9.08. The van der Waals surface area contributed by atoms with E-state index in [1.165, 1.54) is 33.9 Å². The van der Waals surface area contributed by atoms with Gasteiger partial charge in [-0.15, -0.1) is 0 Å². The fraction of sp³-hybridized carbons (Fsp3) is 0.312. The number of para-hydroxylation sites is 1. The second-order valence-electron chi connectivity index (χ2n) is 10.7. The number of benzene rings is 2. The lowest BCUT2D eigenvalue weighted by atomic mass is 9.87. The molecule has 1 aromatic heterocycles. The van der Waals surface area contributed by atoms with Gasteiger partial charge in [0.15, 0.2) is 8.46 Å². The van der Waals surface area contributed by atoms with Crippen molar-refractivity contribution in [2.75, 3.05) is 18.5 Å². The number of hydrogen-bond donors (Lipinski definition) is 2. The molecule has 0 atom stereocenters. The molecule has 9 nitrogen and oxygen atoms in total. The van der Waals surface area contributed by atoms with Crippen LogP contribution in [0, 0.1) is 6.92 Å². The Labute approximate surface area is 249 Å². The zero-order valence-corrected chi connectivity index (χ0v) is 26.5. The number of rotatable bonds is 5. The number of anilines is 1. The van der Waals surface area contributed by atoms with Gasteiger partial charge in [-0.25, -0.2) is 9.69 Å². The fourth-order valence-corrected chi connectivity index (χ4v) is 3.68. The molecule has 0 saturated carbocycles. The minimum absolute atomic E-state index is 0.154. The highest BCUT2D eigenvalue weighted by molar-refractivity contribution is 7.23. The largest absolute Gasteiger partial charge is 0.307 e. The molecule has 2 aromatic carbocycles. The minimum atomic E-state index is -0.434. The molecule has 1 aliphatic heterocycles. The minimum Gasteiger partial charge on any atom is -0.307 e. The zero-order chi connectivity index (χ0) is 31.6. The Kier molecular flexibility index (Phi) is 12.1. The van der Waals surface area contributed by atoms with Crippen LogP contribution in [0.15, 0.2) is 82.2 Å². The van der Waals surface area contributed by atoms with Crippen LogP contribution < -0.4 is 10.9 Å². The van der Waals surface area contributed by atoms with Crippen LogP contribution in [-0.4, -0.2) is 45.5 Å².